The third kappa shape index (κ3) is 7.36. The summed E-state index contributed by atoms with van der Waals surface area (Å²) in [6.07, 6.45) is -0.836. The molecule has 0 spiro atoms. The second-order valence-electron chi connectivity index (χ2n) is 14.1. The number of para-hydroxylation sites is 1. The number of azide groups is 1. The van der Waals surface area contributed by atoms with Crippen molar-refractivity contribution in [1.82, 2.24) is 10.4 Å². The number of ether oxygens (including phenoxy) is 1. The Bertz CT molecular complexity index is 1510. The Balaban J connectivity index is 1.73. The number of aliphatic hydroxyl groups is 1. The van der Waals surface area contributed by atoms with Crippen LogP contribution in [-0.2, 0) is 16.2 Å². The van der Waals surface area contributed by atoms with E-state index in [1.54, 1.807) is 31.2 Å². The SMILES string of the molecule is COc1c(CN2O[C@@H](CN=[N+]=[N-])[C@@H]([C@H](C)O)[C@H]2C(=O)N[C@H]2C[C@@H](C)C(C)(C)[C@@H](C)[C@@H]2C)cccc1-c1cc(C(=O)O)cc(N(C)C)c1. The van der Waals surface area contributed by atoms with E-state index >= 15 is 0 Å². The third-order valence-electron chi connectivity index (χ3n) is 10.9. The Morgan fingerprint density at radius 1 is 1.23 bits per heavy atom. The van der Waals surface area contributed by atoms with Gasteiger partial charge in [-0.2, -0.15) is 5.06 Å². The second kappa shape index (κ2) is 14.5. The van der Waals surface area contributed by atoms with Gasteiger partial charge < -0.3 is 25.2 Å². The van der Waals surface area contributed by atoms with E-state index < -0.39 is 30.1 Å². The lowest BCUT2D eigenvalue weighted by Gasteiger charge is -2.50. The lowest BCUT2D eigenvalue weighted by molar-refractivity contribution is -0.174. The zero-order chi connectivity index (χ0) is 34.8. The van der Waals surface area contributed by atoms with E-state index in [-0.39, 0.29) is 41.9 Å². The van der Waals surface area contributed by atoms with Crippen molar-refractivity contribution >= 4 is 17.6 Å². The number of hydrogen-bond acceptors (Lipinski definition) is 8. The van der Waals surface area contributed by atoms with Crippen LogP contribution in [0.25, 0.3) is 21.6 Å². The van der Waals surface area contributed by atoms with Crippen LogP contribution < -0.4 is 15.0 Å². The molecule has 1 heterocycles. The number of benzene rings is 2. The van der Waals surface area contributed by atoms with Gasteiger partial charge in [0, 0.05) is 47.8 Å². The van der Waals surface area contributed by atoms with Crippen LogP contribution >= 0.6 is 0 Å². The highest BCUT2D eigenvalue weighted by Crippen LogP contribution is 2.47. The molecule has 3 N–H and O–H groups in total. The Hall–Kier alpha value is -3.83. The predicted octanol–water partition coefficient (Wildman–Crippen LogP) is 5.74. The fourth-order valence-electron chi connectivity index (χ4n) is 7.32. The molecule has 0 unspecified atom stereocenters. The molecular formula is C35H50N6O6. The molecule has 1 aliphatic carbocycles. The quantitative estimate of drug-likeness (QED) is 0.158. The predicted molar refractivity (Wildman–Crippen MR) is 181 cm³/mol. The Morgan fingerprint density at radius 3 is 2.53 bits per heavy atom. The summed E-state index contributed by atoms with van der Waals surface area (Å²) in [7, 11) is 5.23. The number of anilines is 1. The molecule has 0 bridgehead atoms. The van der Waals surface area contributed by atoms with Crippen LogP contribution in [0, 0.1) is 29.1 Å². The van der Waals surface area contributed by atoms with E-state index in [1.807, 2.05) is 43.3 Å². The smallest absolute Gasteiger partial charge is 0.335 e. The number of aliphatic hydroxyl groups excluding tert-OH is 1. The van der Waals surface area contributed by atoms with Crippen molar-refractivity contribution in [3.8, 4) is 16.9 Å². The number of hydrogen-bond donors (Lipinski definition) is 3. The minimum Gasteiger partial charge on any atom is -0.496 e. The summed E-state index contributed by atoms with van der Waals surface area (Å²) in [5.41, 5.74) is 12.1. The van der Waals surface area contributed by atoms with Crippen LogP contribution in [0.15, 0.2) is 41.5 Å². The van der Waals surface area contributed by atoms with E-state index in [0.717, 1.165) is 12.1 Å². The number of carbonyl (C=O) groups is 2. The summed E-state index contributed by atoms with van der Waals surface area (Å²) >= 11 is 0. The van der Waals surface area contributed by atoms with Crippen LogP contribution in [0.2, 0.25) is 0 Å². The summed E-state index contributed by atoms with van der Waals surface area (Å²) < 4.78 is 5.92. The Morgan fingerprint density at radius 2 is 1.94 bits per heavy atom. The molecular weight excluding hydrogens is 600 g/mol. The average molecular weight is 651 g/mol. The van der Waals surface area contributed by atoms with Crippen LogP contribution in [0.3, 0.4) is 0 Å². The van der Waals surface area contributed by atoms with Gasteiger partial charge in [-0.15, -0.1) is 0 Å². The molecule has 47 heavy (non-hydrogen) atoms. The van der Waals surface area contributed by atoms with E-state index in [0.29, 0.717) is 34.3 Å². The fraction of sp³-hybridized carbons (Fsp3) is 0.600. The monoisotopic (exact) mass is 650 g/mol. The van der Waals surface area contributed by atoms with Crippen LogP contribution in [0.5, 0.6) is 5.75 Å². The molecule has 2 aromatic carbocycles. The molecule has 4 rings (SSSR count). The van der Waals surface area contributed by atoms with Gasteiger partial charge in [-0.1, -0.05) is 57.9 Å². The molecule has 0 aromatic heterocycles. The molecule has 1 aliphatic heterocycles. The number of amides is 1. The molecule has 256 valence electrons. The van der Waals surface area contributed by atoms with Crippen molar-refractivity contribution in [1.29, 1.82) is 0 Å². The highest BCUT2D eigenvalue weighted by Gasteiger charge is 2.51. The molecule has 2 fully saturated rings. The van der Waals surface area contributed by atoms with Gasteiger partial charge in [-0.3, -0.25) is 9.63 Å². The topological polar surface area (TPSA) is 160 Å². The second-order valence-corrected chi connectivity index (χ2v) is 14.1. The zero-order valence-electron chi connectivity index (χ0n) is 29.0. The number of rotatable bonds is 11. The van der Waals surface area contributed by atoms with Crippen molar-refractivity contribution in [2.75, 3.05) is 32.6 Å². The minimum absolute atomic E-state index is 0.0547. The van der Waals surface area contributed by atoms with Crippen LogP contribution in [0.4, 0.5) is 5.69 Å². The van der Waals surface area contributed by atoms with Gasteiger partial charge in [0.15, 0.2) is 0 Å². The number of nitrogens with one attached hydrogen (secondary N) is 1. The first-order valence-electron chi connectivity index (χ1n) is 16.3. The highest BCUT2D eigenvalue weighted by molar-refractivity contribution is 5.92. The van der Waals surface area contributed by atoms with Gasteiger partial charge in [0.1, 0.15) is 11.8 Å². The minimum atomic E-state index is -1.04. The van der Waals surface area contributed by atoms with Crippen LogP contribution in [0.1, 0.15) is 63.9 Å². The van der Waals surface area contributed by atoms with Gasteiger partial charge in [-0.25, -0.2) is 4.79 Å². The summed E-state index contributed by atoms with van der Waals surface area (Å²) in [5, 5.41) is 29.4. The summed E-state index contributed by atoms with van der Waals surface area (Å²) in [6.45, 7) is 12.9. The molecule has 12 nitrogen and oxygen atoms in total. The van der Waals surface area contributed by atoms with Crippen molar-refractivity contribution in [2.45, 2.75) is 78.8 Å². The van der Waals surface area contributed by atoms with Gasteiger partial charge in [-0.05, 0) is 65.8 Å². The van der Waals surface area contributed by atoms with E-state index in [9.17, 15) is 19.8 Å². The van der Waals surface area contributed by atoms with Crippen molar-refractivity contribution < 1.29 is 29.4 Å². The molecule has 1 amide bonds. The Labute approximate surface area is 277 Å². The number of nitrogens with zero attached hydrogens (tertiary/aromatic N) is 5. The van der Waals surface area contributed by atoms with Crippen LogP contribution in [-0.4, -0.2) is 79.2 Å². The summed E-state index contributed by atoms with van der Waals surface area (Å²) in [4.78, 5) is 37.3. The maximum absolute atomic E-state index is 14.3. The largest absolute Gasteiger partial charge is 0.496 e. The lowest BCUT2D eigenvalue weighted by atomic mass is 9.58. The summed E-state index contributed by atoms with van der Waals surface area (Å²) in [5.74, 6) is -0.475. The average Bonchev–Trinajstić information content (AvgIpc) is 3.39. The normalized spacial score (nSPS) is 27.8. The zero-order valence-corrected chi connectivity index (χ0v) is 29.0. The number of carboxylic acids is 1. The van der Waals surface area contributed by atoms with Gasteiger partial charge in [0.25, 0.3) is 0 Å². The molecule has 8 atom stereocenters. The maximum atomic E-state index is 14.3. The molecule has 2 aliphatic rings. The number of aromatic carboxylic acids is 1. The number of methoxy groups -OCH3 is 1. The maximum Gasteiger partial charge on any atom is 0.335 e. The lowest BCUT2D eigenvalue weighted by Crippen LogP contribution is -2.56. The van der Waals surface area contributed by atoms with Crippen molar-refractivity contribution in [3.05, 3.63) is 58.0 Å². The third-order valence-corrected chi connectivity index (χ3v) is 10.9. The van der Waals surface area contributed by atoms with Crippen molar-refractivity contribution in [2.24, 2.45) is 34.2 Å². The first-order chi connectivity index (χ1) is 22.1. The van der Waals surface area contributed by atoms with Crippen molar-refractivity contribution in [3.63, 3.8) is 0 Å². The molecule has 1 saturated carbocycles. The standard InChI is InChI=1S/C35H50N6O6/c1-19-13-28(20(2)21(3)35(19,5)6)38-33(43)31-30(22(4)42)29(17-37-39-36)47-41(31)18-23-11-10-12-27(32(23)46-9)24-14-25(34(44)45)16-26(15-24)40(7)8/h10-12,14-16,19-22,28-31,42H,13,17-18H2,1-9H3,(H,38,43)(H,44,45)/t19-,20+,21+,22+,28+,29+,30-,31+/m1/s1. The van der Waals surface area contributed by atoms with E-state index in [4.69, 9.17) is 15.1 Å². The first kappa shape index (κ1) is 36.0. The fourth-order valence-corrected chi connectivity index (χ4v) is 7.32. The number of hydroxylamine groups is 2. The molecule has 2 aromatic rings. The van der Waals surface area contributed by atoms with E-state index in [2.05, 4.69) is 50.0 Å². The first-order valence-corrected chi connectivity index (χ1v) is 16.3. The summed E-state index contributed by atoms with van der Waals surface area (Å²) in [6, 6.07) is 9.73. The van der Waals surface area contributed by atoms with E-state index in [1.165, 1.54) is 0 Å². The van der Waals surface area contributed by atoms with Gasteiger partial charge >= 0.3 is 5.97 Å². The number of carboxylic acid groups (broad SMARTS) is 1. The Kier molecular flexibility index (Phi) is 11.1. The van der Waals surface area contributed by atoms with Gasteiger partial charge in [0.05, 0.1) is 38.0 Å². The van der Waals surface area contributed by atoms with Gasteiger partial charge in [0.2, 0.25) is 5.91 Å². The molecule has 1 saturated heterocycles. The highest BCUT2D eigenvalue weighted by atomic mass is 16.7. The number of carbonyl (C=O) groups excluding carboxylic acids is 1. The molecule has 12 heteroatoms. The molecule has 0 radical (unpaired) electrons.